The van der Waals surface area contributed by atoms with Crippen molar-refractivity contribution in [3.8, 4) is 0 Å². The fraction of sp³-hybridized carbons (Fsp3) is 0.619. The van der Waals surface area contributed by atoms with E-state index < -0.39 is 0 Å². The molecule has 0 saturated carbocycles. The number of hydrogen-bond donors (Lipinski definition) is 1. The third-order valence-corrected chi connectivity index (χ3v) is 5.89. The Morgan fingerprint density at radius 2 is 1.81 bits per heavy atom. The van der Waals surface area contributed by atoms with Gasteiger partial charge in [-0.1, -0.05) is 25.1 Å². The van der Waals surface area contributed by atoms with Crippen LogP contribution in [0, 0.1) is 0 Å². The second-order valence-corrected chi connectivity index (χ2v) is 7.59. The molecule has 0 spiro atoms. The molecule has 148 valence electrons. The van der Waals surface area contributed by atoms with Crippen molar-refractivity contribution in [2.75, 3.05) is 45.8 Å². The van der Waals surface area contributed by atoms with E-state index >= 15 is 0 Å². The summed E-state index contributed by atoms with van der Waals surface area (Å²) in [4.78, 5) is 32.1. The first kappa shape index (κ1) is 19.8. The van der Waals surface area contributed by atoms with Gasteiger partial charge in [0, 0.05) is 50.9 Å². The molecule has 3 rings (SSSR count). The number of carbonyl (C=O) groups excluding carboxylic acids is 2. The minimum absolute atomic E-state index is 0.0178. The SMILES string of the molecule is CCN1CCN(C(C)CNC(=O)C2CCCN2C(=O)c2ccccc2)CC1. The van der Waals surface area contributed by atoms with Gasteiger partial charge in [-0.3, -0.25) is 14.5 Å². The zero-order valence-electron chi connectivity index (χ0n) is 16.6. The molecule has 0 aliphatic carbocycles. The van der Waals surface area contributed by atoms with E-state index in [1.54, 1.807) is 4.90 Å². The minimum atomic E-state index is -0.346. The molecule has 6 heteroatoms. The molecule has 1 aromatic carbocycles. The summed E-state index contributed by atoms with van der Waals surface area (Å²) in [7, 11) is 0. The Labute approximate surface area is 162 Å². The summed E-state index contributed by atoms with van der Waals surface area (Å²) in [5.41, 5.74) is 0.652. The van der Waals surface area contributed by atoms with Gasteiger partial charge in [0.2, 0.25) is 5.91 Å². The quantitative estimate of drug-likeness (QED) is 0.821. The number of rotatable bonds is 6. The molecule has 1 N–H and O–H groups in total. The van der Waals surface area contributed by atoms with Crippen molar-refractivity contribution >= 4 is 11.8 Å². The Hall–Kier alpha value is -1.92. The largest absolute Gasteiger partial charge is 0.353 e. The van der Waals surface area contributed by atoms with Crippen LogP contribution in [0.1, 0.15) is 37.0 Å². The molecule has 0 radical (unpaired) electrons. The minimum Gasteiger partial charge on any atom is -0.353 e. The molecular weight excluding hydrogens is 340 g/mol. The van der Waals surface area contributed by atoms with E-state index in [1.807, 2.05) is 30.3 Å². The zero-order valence-corrected chi connectivity index (χ0v) is 16.6. The smallest absolute Gasteiger partial charge is 0.254 e. The lowest BCUT2D eigenvalue weighted by Crippen LogP contribution is -2.53. The Kier molecular flexibility index (Phi) is 6.85. The number of likely N-dealkylation sites (tertiary alicyclic amines) is 1. The van der Waals surface area contributed by atoms with Gasteiger partial charge in [-0.2, -0.15) is 0 Å². The summed E-state index contributed by atoms with van der Waals surface area (Å²) >= 11 is 0. The van der Waals surface area contributed by atoms with Crippen LogP contribution in [0.25, 0.3) is 0 Å². The molecule has 2 fully saturated rings. The van der Waals surface area contributed by atoms with Crippen molar-refractivity contribution in [2.24, 2.45) is 0 Å². The zero-order chi connectivity index (χ0) is 19.2. The fourth-order valence-corrected chi connectivity index (χ4v) is 4.04. The van der Waals surface area contributed by atoms with Gasteiger partial charge >= 0.3 is 0 Å². The second kappa shape index (κ2) is 9.33. The van der Waals surface area contributed by atoms with Gasteiger partial charge in [-0.25, -0.2) is 0 Å². The van der Waals surface area contributed by atoms with Crippen LogP contribution in [-0.2, 0) is 4.79 Å². The second-order valence-electron chi connectivity index (χ2n) is 7.59. The predicted molar refractivity (Wildman–Crippen MR) is 107 cm³/mol. The normalized spacial score (nSPS) is 22.6. The van der Waals surface area contributed by atoms with Crippen LogP contribution in [0.5, 0.6) is 0 Å². The van der Waals surface area contributed by atoms with E-state index in [2.05, 4.69) is 29.0 Å². The van der Waals surface area contributed by atoms with E-state index in [9.17, 15) is 9.59 Å². The fourth-order valence-electron chi connectivity index (χ4n) is 4.04. The molecule has 1 aromatic rings. The van der Waals surface area contributed by atoms with E-state index in [0.717, 1.165) is 45.6 Å². The van der Waals surface area contributed by atoms with E-state index in [1.165, 1.54) is 0 Å². The molecule has 27 heavy (non-hydrogen) atoms. The van der Waals surface area contributed by atoms with E-state index in [4.69, 9.17) is 0 Å². The van der Waals surface area contributed by atoms with Gasteiger partial charge in [0.15, 0.2) is 0 Å². The molecule has 2 aliphatic heterocycles. The van der Waals surface area contributed by atoms with E-state index in [-0.39, 0.29) is 17.9 Å². The highest BCUT2D eigenvalue weighted by molar-refractivity contribution is 5.97. The first-order chi connectivity index (χ1) is 13.1. The van der Waals surface area contributed by atoms with Gasteiger partial charge in [-0.15, -0.1) is 0 Å². The molecule has 2 atom stereocenters. The number of benzene rings is 1. The maximum Gasteiger partial charge on any atom is 0.254 e. The average Bonchev–Trinajstić information content (AvgIpc) is 3.22. The number of nitrogens with one attached hydrogen (secondary N) is 1. The van der Waals surface area contributed by atoms with Crippen molar-refractivity contribution in [1.29, 1.82) is 0 Å². The van der Waals surface area contributed by atoms with Crippen molar-refractivity contribution < 1.29 is 9.59 Å². The third-order valence-electron chi connectivity index (χ3n) is 5.89. The van der Waals surface area contributed by atoms with Crippen molar-refractivity contribution in [1.82, 2.24) is 20.0 Å². The molecule has 2 amide bonds. The number of carbonyl (C=O) groups is 2. The highest BCUT2D eigenvalue weighted by Gasteiger charge is 2.34. The topological polar surface area (TPSA) is 55.9 Å². The summed E-state index contributed by atoms with van der Waals surface area (Å²) in [6.07, 6.45) is 1.62. The van der Waals surface area contributed by atoms with Crippen LogP contribution < -0.4 is 5.32 Å². The average molecular weight is 373 g/mol. The van der Waals surface area contributed by atoms with Crippen LogP contribution in [0.2, 0.25) is 0 Å². The molecule has 0 bridgehead atoms. The Morgan fingerprint density at radius 3 is 2.48 bits per heavy atom. The summed E-state index contributed by atoms with van der Waals surface area (Å²) in [5, 5.41) is 3.10. The first-order valence-electron chi connectivity index (χ1n) is 10.2. The molecule has 0 aromatic heterocycles. The molecule has 6 nitrogen and oxygen atoms in total. The third kappa shape index (κ3) is 4.87. The Balaban J connectivity index is 1.50. The maximum atomic E-state index is 12.7. The number of hydrogen-bond acceptors (Lipinski definition) is 4. The standard InChI is InChI=1S/C21H32N4O2/c1-3-23-12-14-24(15-13-23)17(2)16-22-20(26)19-10-7-11-25(19)21(27)18-8-5-4-6-9-18/h4-6,8-9,17,19H,3,7,10-16H2,1-2H3,(H,22,26). The van der Waals surface area contributed by atoms with Crippen LogP contribution in [0.15, 0.2) is 30.3 Å². The lowest BCUT2D eigenvalue weighted by molar-refractivity contribution is -0.125. The van der Waals surface area contributed by atoms with Crippen molar-refractivity contribution in [2.45, 2.75) is 38.8 Å². The van der Waals surface area contributed by atoms with Gasteiger partial charge in [0.25, 0.3) is 5.91 Å². The summed E-state index contributed by atoms with van der Waals surface area (Å²) < 4.78 is 0. The highest BCUT2D eigenvalue weighted by Crippen LogP contribution is 2.20. The molecular formula is C21H32N4O2. The van der Waals surface area contributed by atoms with Gasteiger partial charge in [0.1, 0.15) is 6.04 Å². The maximum absolute atomic E-state index is 12.7. The lowest BCUT2D eigenvalue weighted by Gasteiger charge is -2.37. The van der Waals surface area contributed by atoms with Crippen molar-refractivity contribution in [3.63, 3.8) is 0 Å². The molecule has 2 heterocycles. The van der Waals surface area contributed by atoms with Crippen LogP contribution in [0.4, 0.5) is 0 Å². The monoisotopic (exact) mass is 372 g/mol. The van der Waals surface area contributed by atoms with Gasteiger partial charge < -0.3 is 15.1 Å². The number of nitrogens with zero attached hydrogens (tertiary/aromatic N) is 3. The van der Waals surface area contributed by atoms with Crippen LogP contribution in [-0.4, -0.2) is 84.4 Å². The highest BCUT2D eigenvalue weighted by atomic mass is 16.2. The van der Waals surface area contributed by atoms with Crippen LogP contribution >= 0.6 is 0 Å². The Morgan fingerprint density at radius 1 is 1.11 bits per heavy atom. The number of likely N-dealkylation sites (N-methyl/N-ethyl adjacent to an activating group) is 1. The van der Waals surface area contributed by atoms with Crippen LogP contribution in [0.3, 0.4) is 0 Å². The summed E-state index contributed by atoms with van der Waals surface area (Å²) in [6.45, 7) is 11.0. The van der Waals surface area contributed by atoms with Crippen molar-refractivity contribution in [3.05, 3.63) is 35.9 Å². The lowest BCUT2D eigenvalue weighted by atomic mass is 10.1. The molecule has 2 aliphatic rings. The first-order valence-corrected chi connectivity index (χ1v) is 10.2. The van der Waals surface area contributed by atoms with E-state index in [0.29, 0.717) is 24.7 Å². The summed E-state index contributed by atoms with van der Waals surface area (Å²) in [6, 6.07) is 9.21. The number of piperazine rings is 1. The summed E-state index contributed by atoms with van der Waals surface area (Å²) in [5.74, 6) is -0.0622. The predicted octanol–water partition coefficient (Wildman–Crippen LogP) is 1.43. The Bertz CT molecular complexity index is 628. The van der Waals surface area contributed by atoms with Gasteiger partial charge in [0.05, 0.1) is 0 Å². The molecule has 2 unspecified atom stereocenters. The van der Waals surface area contributed by atoms with Gasteiger partial charge in [-0.05, 0) is 38.4 Å². The molecule has 2 saturated heterocycles. The number of amides is 2.